The minimum atomic E-state index is -1.65. The lowest BCUT2D eigenvalue weighted by Gasteiger charge is -2.34. The molecule has 2 atom stereocenters. The number of benzene rings is 2. The SMILES string of the molecule is CC1=CC([Si](C)(C)C2=C(C)c3ccccc3C2C)c2ccccc21. The molecule has 0 saturated carbocycles. The van der Waals surface area contributed by atoms with Gasteiger partial charge in [-0.25, -0.2) is 0 Å². The maximum absolute atomic E-state index is 2.57. The third kappa shape index (κ3) is 2.04. The molecule has 1 heteroatoms. The molecule has 0 radical (unpaired) electrons. The standard InChI is InChI=1S/C23H26Si/c1-15-14-22(21-13-9-6-10-18(15)21)24(4,5)23-16(2)19-11-7-8-12-20(19)17(23)3/h6-14,16,22H,1-5H3. The molecule has 0 amide bonds. The van der Waals surface area contributed by atoms with E-state index in [-0.39, 0.29) is 0 Å². The first-order valence-electron chi connectivity index (χ1n) is 9.01. The van der Waals surface area contributed by atoms with E-state index >= 15 is 0 Å². The van der Waals surface area contributed by atoms with Crippen molar-refractivity contribution in [2.45, 2.75) is 45.3 Å². The summed E-state index contributed by atoms with van der Waals surface area (Å²) >= 11 is 0. The third-order valence-corrected chi connectivity index (χ3v) is 10.5. The van der Waals surface area contributed by atoms with E-state index in [1.54, 1.807) is 16.3 Å². The average Bonchev–Trinajstić information content (AvgIpc) is 3.05. The molecule has 0 heterocycles. The van der Waals surface area contributed by atoms with Gasteiger partial charge in [-0.1, -0.05) is 79.8 Å². The summed E-state index contributed by atoms with van der Waals surface area (Å²) in [6.07, 6.45) is 2.55. The summed E-state index contributed by atoms with van der Waals surface area (Å²) < 4.78 is 0. The Bertz CT molecular complexity index is 882. The summed E-state index contributed by atoms with van der Waals surface area (Å²) in [6.45, 7) is 12.2. The Labute approximate surface area is 146 Å². The topological polar surface area (TPSA) is 0 Å². The van der Waals surface area contributed by atoms with E-state index in [9.17, 15) is 0 Å². The number of hydrogen-bond donors (Lipinski definition) is 0. The maximum atomic E-state index is 2.57. The van der Waals surface area contributed by atoms with Crippen LogP contribution in [0.3, 0.4) is 0 Å². The minimum absolute atomic E-state index is 0.560. The van der Waals surface area contributed by atoms with Crippen LogP contribution in [0.15, 0.2) is 59.8 Å². The van der Waals surface area contributed by atoms with Crippen molar-refractivity contribution in [2.75, 3.05) is 0 Å². The second kappa shape index (κ2) is 5.32. The molecule has 0 spiro atoms. The number of allylic oxidation sites excluding steroid dienone is 4. The van der Waals surface area contributed by atoms with Crippen LogP contribution in [0.5, 0.6) is 0 Å². The van der Waals surface area contributed by atoms with Crippen molar-refractivity contribution in [1.82, 2.24) is 0 Å². The van der Waals surface area contributed by atoms with Crippen LogP contribution in [0.4, 0.5) is 0 Å². The van der Waals surface area contributed by atoms with E-state index in [0.717, 1.165) is 0 Å². The summed E-state index contributed by atoms with van der Waals surface area (Å²) in [5.74, 6) is 0.560. The minimum Gasteiger partial charge on any atom is -0.0758 e. The Balaban J connectivity index is 1.85. The fourth-order valence-electron chi connectivity index (χ4n) is 5.20. The van der Waals surface area contributed by atoms with E-state index in [4.69, 9.17) is 0 Å². The highest BCUT2D eigenvalue weighted by Crippen LogP contribution is 2.51. The summed E-state index contributed by atoms with van der Waals surface area (Å²) in [7, 11) is -1.65. The van der Waals surface area contributed by atoms with E-state index in [2.05, 4.69) is 88.5 Å². The van der Waals surface area contributed by atoms with Gasteiger partial charge in [-0.3, -0.25) is 0 Å². The average molecular weight is 331 g/mol. The highest BCUT2D eigenvalue weighted by Gasteiger charge is 2.44. The lowest BCUT2D eigenvalue weighted by atomic mass is 10.0. The second-order valence-electron chi connectivity index (χ2n) is 7.98. The van der Waals surface area contributed by atoms with Gasteiger partial charge in [0.05, 0.1) is 8.07 Å². The summed E-state index contributed by atoms with van der Waals surface area (Å²) in [4.78, 5) is 0. The Morgan fingerprint density at radius 1 is 0.792 bits per heavy atom. The molecule has 0 fully saturated rings. The first kappa shape index (κ1) is 15.7. The lowest BCUT2D eigenvalue weighted by Crippen LogP contribution is -2.38. The van der Waals surface area contributed by atoms with Gasteiger partial charge >= 0.3 is 0 Å². The first-order chi connectivity index (χ1) is 11.4. The van der Waals surface area contributed by atoms with Crippen LogP contribution in [0.25, 0.3) is 11.1 Å². The molecule has 0 aliphatic heterocycles. The molecule has 2 aromatic carbocycles. The van der Waals surface area contributed by atoms with Crippen molar-refractivity contribution in [3.05, 3.63) is 82.1 Å². The molecule has 0 nitrogen and oxygen atoms in total. The Kier molecular flexibility index (Phi) is 3.47. The molecular formula is C23H26Si. The molecule has 4 rings (SSSR count). The predicted octanol–water partition coefficient (Wildman–Crippen LogP) is 6.56. The van der Waals surface area contributed by atoms with Gasteiger partial charge in [0.25, 0.3) is 0 Å². The van der Waals surface area contributed by atoms with Gasteiger partial charge in [-0.05, 0) is 53.2 Å². The number of rotatable bonds is 2. The van der Waals surface area contributed by atoms with Crippen LogP contribution in [0, 0.1) is 0 Å². The number of fused-ring (bicyclic) bond motifs is 2. The Hall–Kier alpha value is -1.86. The monoisotopic (exact) mass is 330 g/mol. The highest BCUT2D eigenvalue weighted by atomic mass is 28.3. The predicted molar refractivity (Wildman–Crippen MR) is 108 cm³/mol. The quantitative estimate of drug-likeness (QED) is 0.547. The van der Waals surface area contributed by atoms with Gasteiger partial charge in [-0.2, -0.15) is 0 Å². The maximum Gasteiger partial charge on any atom is 0.0880 e. The van der Waals surface area contributed by atoms with Crippen molar-refractivity contribution in [1.29, 1.82) is 0 Å². The third-order valence-electron chi connectivity index (χ3n) is 6.28. The van der Waals surface area contributed by atoms with E-state index in [1.165, 1.54) is 22.3 Å². The zero-order valence-electron chi connectivity index (χ0n) is 15.4. The van der Waals surface area contributed by atoms with Crippen LogP contribution < -0.4 is 0 Å². The van der Waals surface area contributed by atoms with Crippen LogP contribution >= 0.6 is 0 Å². The molecular weight excluding hydrogens is 304 g/mol. The van der Waals surface area contributed by atoms with Crippen molar-refractivity contribution >= 4 is 19.2 Å². The van der Waals surface area contributed by atoms with Gasteiger partial charge in [0, 0.05) is 5.54 Å². The van der Waals surface area contributed by atoms with Crippen molar-refractivity contribution in [3.63, 3.8) is 0 Å². The summed E-state index contributed by atoms with van der Waals surface area (Å²) in [5.41, 5.74) is 9.61. The zero-order chi connectivity index (χ0) is 17.1. The molecule has 0 bridgehead atoms. The van der Waals surface area contributed by atoms with Crippen LogP contribution in [-0.4, -0.2) is 8.07 Å². The van der Waals surface area contributed by atoms with Crippen LogP contribution in [-0.2, 0) is 0 Å². The molecule has 2 aromatic rings. The Morgan fingerprint density at radius 3 is 2.04 bits per heavy atom. The van der Waals surface area contributed by atoms with Crippen molar-refractivity contribution in [2.24, 2.45) is 0 Å². The fourth-order valence-corrected chi connectivity index (χ4v) is 9.61. The van der Waals surface area contributed by atoms with Gasteiger partial charge in [-0.15, -0.1) is 0 Å². The molecule has 0 aromatic heterocycles. The van der Waals surface area contributed by atoms with Crippen molar-refractivity contribution in [3.8, 4) is 0 Å². The van der Waals surface area contributed by atoms with Crippen LogP contribution in [0.1, 0.15) is 54.5 Å². The smallest absolute Gasteiger partial charge is 0.0758 e. The zero-order valence-corrected chi connectivity index (χ0v) is 16.4. The van der Waals surface area contributed by atoms with Gasteiger partial charge in [0.1, 0.15) is 0 Å². The van der Waals surface area contributed by atoms with Gasteiger partial charge in [0.15, 0.2) is 0 Å². The van der Waals surface area contributed by atoms with Crippen LogP contribution in [0.2, 0.25) is 13.1 Å². The summed E-state index contributed by atoms with van der Waals surface area (Å²) in [6, 6.07) is 18.0. The second-order valence-corrected chi connectivity index (χ2v) is 12.6. The van der Waals surface area contributed by atoms with E-state index in [1.807, 2.05) is 0 Å². The van der Waals surface area contributed by atoms with Gasteiger partial charge < -0.3 is 0 Å². The van der Waals surface area contributed by atoms with E-state index in [0.29, 0.717) is 11.5 Å². The normalized spacial score (nSPS) is 22.5. The van der Waals surface area contributed by atoms with E-state index < -0.39 is 8.07 Å². The molecule has 2 unspecified atom stereocenters. The van der Waals surface area contributed by atoms with Gasteiger partial charge in [0.2, 0.25) is 0 Å². The first-order valence-corrected chi connectivity index (χ1v) is 12.1. The summed E-state index contributed by atoms with van der Waals surface area (Å²) in [5, 5.41) is 1.74. The molecule has 24 heavy (non-hydrogen) atoms. The Morgan fingerprint density at radius 2 is 1.38 bits per heavy atom. The number of hydrogen-bond acceptors (Lipinski definition) is 0. The molecule has 2 aliphatic carbocycles. The molecule has 0 saturated heterocycles. The fraction of sp³-hybridized carbons (Fsp3) is 0.304. The van der Waals surface area contributed by atoms with Crippen molar-refractivity contribution < 1.29 is 0 Å². The lowest BCUT2D eigenvalue weighted by molar-refractivity contribution is 0.946. The molecule has 0 N–H and O–H groups in total. The highest BCUT2D eigenvalue weighted by molar-refractivity contribution is 6.87. The molecule has 2 aliphatic rings. The molecule has 122 valence electrons. The largest absolute Gasteiger partial charge is 0.0880 e.